The molecule has 2 aliphatic heterocycles. The van der Waals surface area contributed by atoms with Gasteiger partial charge in [-0.2, -0.15) is 0 Å². The molecule has 4 heteroatoms. The monoisotopic (exact) mass is 321 g/mol. The third-order valence-corrected chi connectivity index (χ3v) is 4.84. The topological polar surface area (TPSA) is 38.2 Å². The maximum absolute atomic E-state index is 5.89. The van der Waals surface area contributed by atoms with E-state index in [1.165, 1.54) is 29.7 Å². The van der Waals surface area contributed by atoms with Crippen molar-refractivity contribution < 1.29 is 4.74 Å². The van der Waals surface area contributed by atoms with E-state index in [2.05, 4.69) is 39.1 Å². The molecule has 0 N–H and O–H groups in total. The Morgan fingerprint density at radius 2 is 2.17 bits per heavy atom. The van der Waals surface area contributed by atoms with Gasteiger partial charge in [-0.1, -0.05) is 18.2 Å². The predicted octanol–water partition coefficient (Wildman–Crippen LogP) is 3.44. The summed E-state index contributed by atoms with van der Waals surface area (Å²) in [5.74, 6) is 2.37. The number of likely N-dealkylation sites (tertiary alicyclic amines) is 1. The number of aryl methyl sites for hydroxylation is 1. The highest BCUT2D eigenvalue weighted by atomic mass is 16.5. The Morgan fingerprint density at radius 1 is 1.25 bits per heavy atom. The summed E-state index contributed by atoms with van der Waals surface area (Å²) in [6, 6.07) is 10.3. The largest absolute Gasteiger partial charge is 0.489 e. The van der Waals surface area contributed by atoms with Crippen LogP contribution >= 0.6 is 0 Å². The zero-order valence-electron chi connectivity index (χ0n) is 14.1. The zero-order chi connectivity index (χ0) is 16.4. The number of aromatic nitrogens is 2. The first-order valence-corrected chi connectivity index (χ1v) is 8.71. The molecule has 124 valence electrons. The van der Waals surface area contributed by atoms with Crippen LogP contribution in [0.5, 0.6) is 5.75 Å². The average molecular weight is 321 g/mol. The van der Waals surface area contributed by atoms with E-state index in [0.29, 0.717) is 12.5 Å². The fraction of sp³-hybridized carbons (Fsp3) is 0.400. The van der Waals surface area contributed by atoms with Crippen LogP contribution in [-0.2, 0) is 0 Å². The van der Waals surface area contributed by atoms with Crippen molar-refractivity contribution in [3.05, 3.63) is 59.2 Å². The molecule has 1 fully saturated rings. The van der Waals surface area contributed by atoms with Crippen LogP contribution in [0.3, 0.4) is 0 Å². The van der Waals surface area contributed by atoms with Gasteiger partial charge in [0, 0.05) is 36.5 Å². The first-order valence-electron chi connectivity index (χ1n) is 8.71. The van der Waals surface area contributed by atoms with E-state index in [-0.39, 0.29) is 0 Å². The normalized spacial score (nSPS) is 20.9. The van der Waals surface area contributed by atoms with E-state index in [1.54, 1.807) is 0 Å². The van der Waals surface area contributed by atoms with Gasteiger partial charge >= 0.3 is 0 Å². The lowest BCUT2D eigenvalue weighted by atomic mass is 9.94. The standard InChI is InChI=1S/C20H23N3O/c1-15-21-9-8-19(22-15)18-6-4-10-23(13-18)12-16-11-17-5-2-3-7-20(17)24-14-16/h2-3,5,7-9,11,18H,4,6,10,12-14H2,1H3/t18-/m0/s1. The van der Waals surface area contributed by atoms with Gasteiger partial charge < -0.3 is 4.74 Å². The Labute approximate surface area is 143 Å². The lowest BCUT2D eigenvalue weighted by molar-refractivity contribution is 0.213. The number of hydrogen-bond acceptors (Lipinski definition) is 4. The highest BCUT2D eigenvalue weighted by Gasteiger charge is 2.24. The molecule has 1 aromatic carbocycles. The van der Waals surface area contributed by atoms with E-state index in [1.807, 2.05) is 25.3 Å². The molecule has 2 aromatic rings. The zero-order valence-corrected chi connectivity index (χ0v) is 14.1. The summed E-state index contributed by atoms with van der Waals surface area (Å²) in [4.78, 5) is 11.4. The maximum Gasteiger partial charge on any atom is 0.127 e. The minimum Gasteiger partial charge on any atom is -0.489 e. The highest BCUT2D eigenvalue weighted by Crippen LogP contribution is 2.29. The molecule has 0 spiro atoms. The minimum absolute atomic E-state index is 0.512. The summed E-state index contributed by atoms with van der Waals surface area (Å²) >= 11 is 0. The number of nitrogens with zero attached hydrogens (tertiary/aromatic N) is 3. The Kier molecular flexibility index (Phi) is 4.30. The number of ether oxygens (including phenoxy) is 1. The molecule has 0 unspecified atom stereocenters. The summed E-state index contributed by atoms with van der Waals surface area (Å²) in [6.45, 7) is 5.86. The Morgan fingerprint density at radius 3 is 3.08 bits per heavy atom. The van der Waals surface area contributed by atoms with Crippen LogP contribution in [0.4, 0.5) is 0 Å². The number of para-hydroxylation sites is 1. The fourth-order valence-corrected chi connectivity index (χ4v) is 3.68. The molecule has 0 saturated carbocycles. The Balaban J connectivity index is 1.45. The number of piperidine rings is 1. The van der Waals surface area contributed by atoms with Crippen molar-refractivity contribution in [2.24, 2.45) is 0 Å². The Bertz CT molecular complexity index is 756. The molecule has 3 heterocycles. The van der Waals surface area contributed by atoms with Crippen LogP contribution in [-0.4, -0.2) is 41.1 Å². The van der Waals surface area contributed by atoms with Gasteiger partial charge in [0.1, 0.15) is 18.2 Å². The molecule has 24 heavy (non-hydrogen) atoms. The van der Waals surface area contributed by atoms with E-state index in [9.17, 15) is 0 Å². The van der Waals surface area contributed by atoms with Crippen molar-refractivity contribution >= 4 is 6.08 Å². The summed E-state index contributed by atoms with van der Waals surface area (Å²) in [7, 11) is 0. The third kappa shape index (κ3) is 3.34. The lowest BCUT2D eigenvalue weighted by Crippen LogP contribution is -2.37. The van der Waals surface area contributed by atoms with Crippen LogP contribution in [0.15, 0.2) is 42.1 Å². The van der Waals surface area contributed by atoms with Gasteiger partial charge in [-0.25, -0.2) is 9.97 Å². The molecular formula is C20H23N3O. The fourth-order valence-electron chi connectivity index (χ4n) is 3.68. The molecule has 2 aliphatic rings. The van der Waals surface area contributed by atoms with Crippen molar-refractivity contribution in [3.8, 4) is 5.75 Å². The van der Waals surface area contributed by atoms with Gasteiger partial charge in [-0.05, 0) is 50.1 Å². The summed E-state index contributed by atoms with van der Waals surface area (Å²) in [6.07, 6.45) is 6.60. The summed E-state index contributed by atoms with van der Waals surface area (Å²) in [5, 5.41) is 0. The molecule has 4 rings (SSSR count). The summed E-state index contributed by atoms with van der Waals surface area (Å²) < 4.78 is 5.89. The SMILES string of the molecule is Cc1nccc([C@H]2CCCN(CC3=Cc4ccccc4OC3)C2)n1. The molecule has 1 atom stereocenters. The molecule has 0 bridgehead atoms. The van der Waals surface area contributed by atoms with Gasteiger partial charge in [0.2, 0.25) is 0 Å². The second-order valence-corrected chi connectivity index (χ2v) is 6.73. The molecule has 1 aromatic heterocycles. The van der Waals surface area contributed by atoms with Crippen LogP contribution in [0.2, 0.25) is 0 Å². The lowest BCUT2D eigenvalue weighted by Gasteiger charge is -2.33. The smallest absolute Gasteiger partial charge is 0.127 e. The van der Waals surface area contributed by atoms with Gasteiger partial charge in [0.05, 0.1) is 0 Å². The van der Waals surface area contributed by atoms with Crippen molar-refractivity contribution in [1.82, 2.24) is 14.9 Å². The van der Waals surface area contributed by atoms with Crippen molar-refractivity contribution in [3.63, 3.8) is 0 Å². The molecule has 0 radical (unpaired) electrons. The minimum atomic E-state index is 0.512. The van der Waals surface area contributed by atoms with Crippen LogP contribution in [0, 0.1) is 6.92 Å². The predicted molar refractivity (Wildman–Crippen MR) is 95.1 cm³/mol. The molecule has 4 nitrogen and oxygen atoms in total. The molecule has 1 saturated heterocycles. The van der Waals surface area contributed by atoms with Crippen molar-refractivity contribution in [1.29, 1.82) is 0 Å². The highest BCUT2D eigenvalue weighted by molar-refractivity contribution is 5.62. The first kappa shape index (κ1) is 15.3. The second kappa shape index (κ2) is 6.73. The number of fused-ring (bicyclic) bond motifs is 1. The molecular weight excluding hydrogens is 298 g/mol. The first-order chi connectivity index (χ1) is 11.8. The van der Waals surface area contributed by atoms with E-state index in [4.69, 9.17) is 4.74 Å². The number of hydrogen-bond donors (Lipinski definition) is 0. The summed E-state index contributed by atoms with van der Waals surface area (Å²) in [5.41, 5.74) is 3.73. The quantitative estimate of drug-likeness (QED) is 0.868. The van der Waals surface area contributed by atoms with Crippen molar-refractivity contribution in [2.75, 3.05) is 26.2 Å². The van der Waals surface area contributed by atoms with Crippen molar-refractivity contribution in [2.45, 2.75) is 25.7 Å². The number of benzene rings is 1. The molecule has 0 amide bonds. The van der Waals surface area contributed by atoms with E-state index < -0.39 is 0 Å². The molecule has 0 aliphatic carbocycles. The van der Waals surface area contributed by atoms with Gasteiger partial charge in [0.25, 0.3) is 0 Å². The van der Waals surface area contributed by atoms with Gasteiger partial charge in [-0.3, -0.25) is 4.90 Å². The van der Waals surface area contributed by atoms with Crippen LogP contribution in [0.25, 0.3) is 6.08 Å². The maximum atomic E-state index is 5.89. The number of rotatable bonds is 3. The average Bonchev–Trinajstić information content (AvgIpc) is 2.62. The Hall–Kier alpha value is -2.20. The van der Waals surface area contributed by atoms with Gasteiger partial charge in [0.15, 0.2) is 0 Å². The van der Waals surface area contributed by atoms with E-state index in [0.717, 1.165) is 31.2 Å². The van der Waals surface area contributed by atoms with Crippen LogP contribution in [0.1, 0.15) is 35.8 Å². The van der Waals surface area contributed by atoms with Gasteiger partial charge in [-0.15, -0.1) is 0 Å². The van der Waals surface area contributed by atoms with Crippen LogP contribution < -0.4 is 4.74 Å². The second-order valence-electron chi connectivity index (χ2n) is 6.73. The van der Waals surface area contributed by atoms with E-state index >= 15 is 0 Å². The third-order valence-electron chi connectivity index (χ3n) is 4.84.